The van der Waals surface area contributed by atoms with E-state index in [0.29, 0.717) is 6.54 Å². The van der Waals surface area contributed by atoms with Gasteiger partial charge in [-0.05, 0) is 28.5 Å². The maximum atomic E-state index is 5.45. The van der Waals surface area contributed by atoms with Crippen molar-refractivity contribution >= 4 is 15.9 Å². The summed E-state index contributed by atoms with van der Waals surface area (Å²) in [7, 11) is 1.86. The first kappa shape index (κ1) is 11.3. The lowest BCUT2D eigenvalue weighted by Crippen LogP contribution is -2.12. The zero-order valence-corrected chi connectivity index (χ0v) is 10.8. The number of halogens is 1. The van der Waals surface area contributed by atoms with Crippen molar-refractivity contribution < 1.29 is 4.42 Å². The van der Waals surface area contributed by atoms with Crippen LogP contribution in [0.3, 0.4) is 0 Å². The molecule has 0 saturated heterocycles. The van der Waals surface area contributed by atoms with E-state index in [1.807, 2.05) is 13.1 Å². The van der Waals surface area contributed by atoms with Crippen molar-refractivity contribution in [1.29, 1.82) is 0 Å². The van der Waals surface area contributed by atoms with Crippen LogP contribution in [0.2, 0.25) is 0 Å². The molecule has 0 bridgehead atoms. The Bertz CT molecular complexity index is 457. The molecule has 86 valence electrons. The van der Waals surface area contributed by atoms with Crippen LogP contribution in [-0.2, 0) is 13.6 Å². The second-order valence-corrected chi connectivity index (χ2v) is 4.14. The van der Waals surface area contributed by atoms with Crippen LogP contribution in [0.1, 0.15) is 12.7 Å². The number of nitrogens with one attached hydrogen (secondary N) is 1. The molecule has 0 unspecified atom stereocenters. The fraction of sp³-hybridized carbons (Fsp3) is 0.400. The smallest absolute Gasteiger partial charge is 0.156 e. The predicted molar refractivity (Wildman–Crippen MR) is 63.8 cm³/mol. The molecule has 0 amide bonds. The van der Waals surface area contributed by atoms with Gasteiger partial charge in [-0.25, -0.2) is 4.68 Å². The Balaban J connectivity index is 2.37. The Labute approximate surface area is 102 Å². The molecule has 0 spiro atoms. The molecule has 2 aromatic heterocycles. The minimum absolute atomic E-state index is 0.705. The average molecular weight is 285 g/mol. The number of rotatable bonds is 4. The Morgan fingerprint density at radius 1 is 1.56 bits per heavy atom. The highest BCUT2D eigenvalue weighted by Crippen LogP contribution is 2.29. The molecule has 2 aromatic rings. The van der Waals surface area contributed by atoms with Crippen molar-refractivity contribution in [2.75, 3.05) is 6.54 Å². The summed E-state index contributed by atoms with van der Waals surface area (Å²) in [4.78, 5) is 0. The topological polar surface area (TPSA) is 55.9 Å². The summed E-state index contributed by atoms with van der Waals surface area (Å²) in [5.74, 6) is 0.896. The summed E-state index contributed by atoms with van der Waals surface area (Å²) in [6.07, 6.45) is 1.68. The van der Waals surface area contributed by atoms with Gasteiger partial charge in [0.25, 0.3) is 0 Å². The van der Waals surface area contributed by atoms with Crippen LogP contribution >= 0.6 is 15.9 Å². The van der Waals surface area contributed by atoms with Crippen LogP contribution in [0.4, 0.5) is 0 Å². The highest BCUT2D eigenvalue weighted by Gasteiger charge is 2.16. The van der Waals surface area contributed by atoms with Crippen molar-refractivity contribution in [3.63, 3.8) is 0 Å². The molecule has 0 atom stereocenters. The average Bonchev–Trinajstić information content (AvgIpc) is 2.83. The van der Waals surface area contributed by atoms with Gasteiger partial charge in [-0.1, -0.05) is 12.1 Å². The predicted octanol–water partition coefficient (Wildman–Crippen LogP) is 1.95. The van der Waals surface area contributed by atoms with Crippen LogP contribution in [-0.4, -0.2) is 21.5 Å². The maximum absolute atomic E-state index is 5.45. The fourth-order valence-electron chi connectivity index (χ4n) is 1.54. The van der Waals surface area contributed by atoms with Gasteiger partial charge < -0.3 is 9.73 Å². The van der Waals surface area contributed by atoms with E-state index in [9.17, 15) is 0 Å². The molecule has 0 aromatic carbocycles. The SMILES string of the molecule is CCNCc1occc1-c1c(Br)nnn1C. The van der Waals surface area contributed by atoms with Gasteiger partial charge in [0.05, 0.1) is 12.8 Å². The van der Waals surface area contributed by atoms with Crippen LogP contribution in [0.15, 0.2) is 21.3 Å². The minimum Gasteiger partial charge on any atom is -0.467 e. The lowest BCUT2D eigenvalue weighted by molar-refractivity contribution is 0.488. The van der Waals surface area contributed by atoms with Crippen LogP contribution < -0.4 is 5.32 Å². The highest BCUT2D eigenvalue weighted by atomic mass is 79.9. The molecule has 16 heavy (non-hydrogen) atoms. The van der Waals surface area contributed by atoms with Crippen molar-refractivity contribution in [3.8, 4) is 11.3 Å². The van der Waals surface area contributed by atoms with Gasteiger partial charge in [0.2, 0.25) is 0 Å². The summed E-state index contributed by atoms with van der Waals surface area (Å²) < 4.78 is 7.91. The molecule has 0 saturated carbocycles. The zero-order chi connectivity index (χ0) is 11.5. The molecular formula is C10H13BrN4O. The standard InChI is InChI=1S/C10H13BrN4O/c1-3-12-6-8-7(4-5-16-8)9-10(11)13-14-15(9)2/h4-5,12H,3,6H2,1-2H3. The quantitative estimate of drug-likeness (QED) is 0.932. The molecule has 2 heterocycles. The first-order valence-corrected chi connectivity index (χ1v) is 5.86. The molecule has 2 rings (SSSR count). The van der Waals surface area contributed by atoms with Crippen molar-refractivity contribution in [1.82, 2.24) is 20.3 Å². The van der Waals surface area contributed by atoms with Gasteiger partial charge in [0.15, 0.2) is 4.60 Å². The van der Waals surface area contributed by atoms with E-state index in [0.717, 1.165) is 28.2 Å². The first-order chi connectivity index (χ1) is 7.74. The Morgan fingerprint density at radius 3 is 3.00 bits per heavy atom. The highest BCUT2D eigenvalue weighted by molar-refractivity contribution is 9.10. The van der Waals surface area contributed by atoms with Crippen molar-refractivity contribution in [3.05, 3.63) is 22.7 Å². The second-order valence-electron chi connectivity index (χ2n) is 3.39. The molecule has 0 aliphatic carbocycles. The van der Waals surface area contributed by atoms with E-state index in [1.165, 1.54) is 0 Å². The maximum Gasteiger partial charge on any atom is 0.156 e. The lowest BCUT2D eigenvalue weighted by Gasteiger charge is -2.03. The molecular weight excluding hydrogens is 272 g/mol. The van der Waals surface area contributed by atoms with E-state index in [-0.39, 0.29) is 0 Å². The largest absolute Gasteiger partial charge is 0.467 e. The molecule has 0 aliphatic heterocycles. The molecule has 0 fully saturated rings. The minimum atomic E-state index is 0.705. The molecule has 1 N–H and O–H groups in total. The van der Waals surface area contributed by atoms with Gasteiger partial charge in [-0.15, -0.1) is 5.10 Å². The third-order valence-corrected chi connectivity index (χ3v) is 2.86. The second kappa shape index (κ2) is 4.80. The summed E-state index contributed by atoms with van der Waals surface area (Å²) in [6.45, 7) is 3.67. The van der Waals surface area contributed by atoms with Crippen molar-refractivity contribution in [2.24, 2.45) is 7.05 Å². The van der Waals surface area contributed by atoms with Crippen LogP contribution in [0.25, 0.3) is 11.3 Å². The van der Waals surface area contributed by atoms with Crippen LogP contribution in [0.5, 0.6) is 0 Å². The number of aromatic nitrogens is 3. The number of nitrogens with zero attached hydrogens (tertiary/aromatic N) is 3. The lowest BCUT2D eigenvalue weighted by atomic mass is 10.2. The summed E-state index contributed by atoms with van der Waals surface area (Å²) in [5, 5.41) is 11.1. The van der Waals surface area contributed by atoms with Gasteiger partial charge >= 0.3 is 0 Å². The van der Waals surface area contributed by atoms with E-state index in [2.05, 4.69) is 38.5 Å². The Kier molecular flexibility index (Phi) is 3.40. The normalized spacial score (nSPS) is 10.9. The van der Waals surface area contributed by atoms with Gasteiger partial charge in [0.1, 0.15) is 11.5 Å². The Hall–Kier alpha value is -1.14. The van der Waals surface area contributed by atoms with E-state index < -0.39 is 0 Å². The van der Waals surface area contributed by atoms with Gasteiger partial charge in [-0.3, -0.25) is 0 Å². The third-order valence-electron chi connectivity index (χ3n) is 2.32. The monoisotopic (exact) mass is 284 g/mol. The van der Waals surface area contributed by atoms with Gasteiger partial charge in [-0.2, -0.15) is 0 Å². The molecule has 0 radical (unpaired) electrons. The van der Waals surface area contributed by atoms with Gasteiger partial charge in [0, 0.05) is 12.6 Å². The van der Waals surface area contributed by atoms with E-state index >= 15 is 0 Å². The van der Waals surface area contributed by atoms with Crippen LogP contribution in [0, 0.1) is 0 Å². The van der Waals surface area contributed by atoms with E-state index in [1.54, 1.807) is 10.9 Å². The third kappa shape index (κ3) is 2.03. The number of aryl methyl sites for hydroxylation is 1. The summed E-state index contributed by atoms with van der Waals surface area (Å²) >= 11 is 3.38. The first-order valence-electron chi connectivity index (χ1n) is 5.06. The van der Waals surface area contributed by atoms with Crippen molar-refractivity contribution in [2.45, 2.75) is 13.5 Å². The number of furan rings is 1. The Morgan fingerprint density at radius 2 is 2.38 bits per heavy atom. The zero-order valence-electron chi connectivity index (χ0n) is 9.20. The van der Waals surface area contributed by atoms with E-state index in [4.69, 9.17) is 4.42 Å². The molecule has 6 heteroatoms. The summed E-state index contributed by atoms with van der Waals surface area (Å²) in [6, 6.07) is 1.93. The molecule has 0 aliphatic rings. The number of hydrogen-bond acceptors (Lipinski definition) is 4. The fourth-order valence-corrected chi connectivity index (χ4v) is 2.09. The number of hydrogen-bond donors (Lipinski definition) is 1. The molecule has 5 nitrogen and oxygen atoms in total. The summed E-state index contributed by atoms with van der Waals surface area (Å²) in [5.41, 5.74) is 1.95.